The van der Waals surface area contributed by atoms with Crippen LogP contribution in [0.15, 0.2) is 4.90 Å². The van der Waals surface area contributed by atoms with Crippen molar-refractivity contribution in [1.82, 2.24) is 19.8 Å². The highest BCUT2D eigenvalue weighted by Crippen LogP contribution is 2.32. The van der Waals surface area contributed by atoms with Crippen LogP contribution in [0.1, 0.15) is 37.1 Å². The van der Waals surface area contributed by atoms with E-state index in [0.29, 0.717) is 17.1 Å². The Hall–Kier alpha value is -0.920. The number of rotatable bonds is 9. The largest absolute Gasteiger partial charge is 0.320 e. The Bertz CT molecular complexity index is 576. The number of aromatic nitrogens is 2. The SMILES string of the molecule is CNCCCn1nc(C)c(S(=O)(=O)NCCC2CC2)c1C. The standard InChI is InChI=1S/C14H26N4O2S/c1-11-14(12(2)18(17-11)10-4-8-15-3)21(19,20)16-9-7-13-5-6-13/h13,15-16H,4-10H2,1-3H3. The van der Waals surface area contributed by atoms with E-state index >= 15 is 0 Å². The molecule has 0 radical (unpaired) electrons. The van der Waals surface area contributed by atoms with Crippen LogP contribution in [0.2, 0.25) is 0 Å². The van der Waals surface area contributed by atoms with Crippen LogP contribution in [0.5, 0.6) is 0 Å². The maximum absolute atomic E-state index is 12.4. The Morgan fingerprint density at radius 3 is 2.62 bits per heavy atom. The fourth-order valence-electron chi connectivity index (χ4n) is 2.57. The van der Waals surface area contributed by atoms with Crippen LogP contribution < -0.4 is 10.0 Å². The van der Waals surface area contributed by atoms with E-state index in [9.17, 15) is 8.42 Å². The second-order valence-electron chi connectivity index (χ2n) is 5.81. The van der Waals surface area contributed by atoms with Crippen LogP contribution in [0.25, 0.3) is 0 Å². The predicted molar refractivity (Wildman–Crippen MR) is 82.8 cm³/mol. The molecule has 0 unspecified atom stereocenters. The first-order chi connectivity index (χ1) is 9.95. The van der Waals surface area contributed by atoms with Crippen molar-refractivity contribution in [2.75, 3.05) is 20.1 Å². The highest BCUT2D eigenvalue weighted by atomic mass is 32.2. The van der Waals surface area contributed by atoms with E-state index in [1.807, 2.05) is 14.0 Å². The lowest BCUT2D eigenvalue weighted by Crippen LogP contribution is -2.26. The lowest BCUT2D eigenvalue weighted by atomic mass is 10.3. The summed E-state index contributed by atoms with van der Waals surface area (Å²) in [6.07, 6.45) is 4.34. The van der Waals surface area contributed by atoms with Crippen LogP contribution in [0, 0.1) is 19.8 Å². The van der Waals surface area contributed by atoms with Crippen molar-refractivity contribution in [1.29, 1.82) is 0 Å². The van der Waals surface area contributed by atoms with Crippen molar-refractivity contribution < 1.29 is 8.42 Å². The summed E-state index contributed by atoms with van der Waals surface area (Å²) >= 11 is 0. The minimum atomic E-state index is -3.45. The molecule has 0 aromatic carbocycles. The monoisotopic (exact) mass is 314 g/mol. The Morgan fingerprint density at radius 2 is 2.00 bits per heavy atom. The molecule has 1 aliphatic carbocycles. The summed E-state index contributed by atoms with van der Waals surface area (Å²) in [7, 11) is -1.54. The molecule has 2 rings (SSSR count). The molecule has 21 heavy (non-hydrogen) atoms. The number of nitrogens with one attached hydrogen (secondary N) is 2. The minimum absolute atomic E-state index is 0.350. The zero-order valence-electron chi connectivity index (χ0n) is 13.1. The molecule has 1 heterocycles. The summed E-state index contributed by atoms with van der Waals surface area (Å²) in [6, 6.07) is 0. The lowest BCUT2D eigenvalue weighted by molar-refractivity contribution is 0.545. The Kier molecular flexibility index (Phi) is 5.40. The highest BCUT2D eigenvalue weighted by molar-refractivity contribution is 7.89. The molecule has 1 fully saturated rings. The van der Waals surface area contributed by atoms with Crippen LogP contribution >= 0.6 is 0 Å². The van der Waals surface area contributed by atoms with Crippen LogP contribution in [-0.4, -0.2) is 38.3 Å². The van der Waals surface area contributed by atoms with Gasteiger partial charge in [0.1, 0.15) is 4.90 Å². The zero-order chi connectivity index (χ0) is 15.5. The van der Waals surface area contributed by atoms with E-state index in [1.165, 1.54) is 12.8 Å². The third kappa shape index (κ3) is 4.28. The third-order valence-electron chi connectivity index (χ3n) is 3.92. The van der Waals surface area contributed by atoms with Gasteiger partial charge in [0.05, 0.1) is 11.4 Å². The van der Waals surface area contributed by atoms with Gasteiger partial charge < -0.3 is 5.32 Å². The van der Waals surface area contributed by atoms with Crippen molar-refractivity contribution in [3.63, 3.8) is 0 Å². The molecule has 6 nitrogen and oxygen atoms in total. The second kappa shape index (κ2) is 6.89. The normalized spacial score (nSPS) is 15.6. The van der Waals surface area contributed by atoms with Gasteiger partial charge in [-0.15, -0.1) is 0 Å². The van der Waals surface area contributed by atoms with Crippen molar-refractivity contribution in [3.05, 3.63) is 11.4 Å². The van der Waals surface area contributed by atoms with E-state index in [4.69, 9.17) is 0 Å². The summed E-state index contributed by atoms with van der Waals surface area (Å²) in [5.74, 6) is 0.721. The lowest BCUT2D eigenvalue weighted by Gasteiger charge is -2.08. The van der Waals surface area contributed by atoms with Crippen molar-refractivity contribution >= 4 is 10.0 Å². The van der Waals surface area contributed by atoms with Gasteiger partial charge in [-0.1, -0.05) is 12.8 Å². The maximum Gasteiger partial charge on any atom is 0.244 e. The van der Waals surface area contributed by atoms with Crippen molar-refractivity contribution in [2.24, 2.45) is 5.92 Å². The van der Waals surface area contributed by atoms with E-state index < -0.39 is 10.0 Å². The average molecular weight is 314 g/mol. The smallest absolute Gasteiger partial charge is 0.244 e. The van der Waals surface area contributed by atoms with Gasteiger partial charge in [0.15, 0.2) is 0 Å². The average Bonchev–Trinajstić information content (AvgIpc) is 3.16. The van der Waals surface area contributed by atoms with Gasteiger partial charge in [0.25, 0.3) is 0 Å². The van der Waals surface area contributed by atoms with E-state index in [2.05, 4.69) is 15.1 Å². The molecule has 120 valence electrons. The predicted octanol–water partition coefficient (Wildman–Crippen LogP) is 1.19. The molecule has 1 aliphatic rings. The number of hydrogen-bond acceptors (Lipinski definition) is 4. The van der Waals surface area contributed by atoms with Gasteiger partial charge in [-0.05, 0) is 46.2 Å². The van der Waals surface area contributed by atoms with Gasteiger partial charge in [0, 0.05) is 13.1 Å². The highest BCUT2D eigenvalue weighted by Gasteiger charge is 2.26. The molecule has 1 aromatic rings. The second-order valence-corrected chi connectivity index (χ2v) is 7.51. The van der Waals surface area contributed by atoms with E-state index in [0.717, 1.165) is 37.5 Å². The molecule has 0 aliphatic heterocycles. The minimum Gasteiger partial charge on any atom is -0.320 e. The fraction of sp³-hybridized carbons (Fsp3) is 0.786. The summed E-state index contributed by atoms with van der Waals surface area (Å²) in [6.45, 7) is 5.73. The Morgan fingerprint density at radius 1 is 1.29 bits per heavy atom. The first-order valence-corrected chi connectivity index (χ1v) is 9.12. The van der Waals surface area contributed by atoms with Crippen LogP contribution in [0.4, 0.5) is 0 Å². The summed E-state index contributed by atoms with van der Waals surface area (Å²) in [5.41, 5.74) is 1.30. The van der Waals surface area contributed by atoms with Crippen LogP contribution in [-0.2, 0) is 16.6 Å². The first kappa shape index (κ1) is 16.5. The molecule has 0 spiro atoms. The zero-order valence-corrected chi connectivity index (χ0v) is 14.0. The third-order valence-corrected chi connectivity index (χ3v) is 5.63. The Balaban J connectivity index is 2.05. The number of nitrogens with zero attached hydrogens (tertiary/aromatic N) is 2. The Labute approximate surface area is 127 Å². The van der Waals surface area contributed by atoms with Crippen molar-refractivity contribution in [3.8, 4) is 0 Å². The molecular weight excluding hydrogens is 288 g/mol. The summed E-state index contributed by atoms with van der Waals surface area (Å²) < 4.78 is 29.4. The molecule has 1 aromatic heterocycles. The van der Waals surface area contributed by atoms with Gasteiger partial charge in [-0.25, -0.2) is 13.1 Å². The number of sulfonamides is 1. The summed E-state index contributed by atoms with van der Waals surface area (Å²) in [5, 5.41) is 7.46. The molecule has 1 saturated carbocycles. The number of aryl methyl sites for hydroxylation is 2. The molecule has 0 amide bonds. The molecular formula is C14H26N4O2S. The molecule has 7 heteroatoms. The summed E-state index contributed by atoms with van der Waals surface area (Å²) in [4.78, 5) is 0.350. The topological polar surface area (TPSA) is 76.0 Å². The van der Waals surface area contributed by atoms with Crippen molar-refractivity contribution in [2.45, 2.75) is 51.0 Å². The maximum atomic E-state index is 12.4. The quantitative estimate of drug-likeness (QED) is 0.671. The van der Waals surface area contributed by atoms with Gasteiger partial charge in [-0.3, -0.25) is 4.68 Å². The van der Waals surface area contributed by atoms with Crippen LogP contribution in [0.3, 0.4) is 0 Å². The fourth-order valence-corrected chi connectivity index (χ4v) is 4.02. The van der Waals surface area contributed by atoms with E-state index in [1.54, 1.807) is 11.6 Å². The molecule has 0 atom stereocenters. The number of hydrogen-bond donors (Lipinski definition) is 2. The molecule has 2 N–H and O–H groups in total. The van der Waals surface area contributed by atoms with Gasteiger partial charge >= 0.3 is 0 Å². The van der Waals surface area contributed by atoms with Gasteiger partial charge in [0.2, 0.25) is 10.0 Å². The first-order valence-electron chi connectivity index (χ1n) is 7.64. The van der Waals surface area contributed by atoms with Gasteiger partial charge in [-0.2, -0.15) is 5.10 Å². The molecule has 0 bridgehead atoms. The van der Waals surface area contributed by atoms with E-state index in [-0.39, 0.29) is 0 Å². The molecule has 0 saturated heterocycles.